The van der Waals surface area contributed by atoms with Gasteiger partial charge in [0.2, 0.25) is 0 Å². The molecule has 1 N–H and O–H groups in total. The van der Waals surface area contributed by atoms with Crippen LogP contribution < -0.4 is 5.32 Å². The topological polar surface area (TPSA) is 42.2 Å². The maximum atomic E-state index is 12.1. The molecule has 4 heteroatoms. The Morgan fingerprint density at radius 3 is 2.79 bits per heavy atom. The van der Waals surface area contributed by atoms with Gasteiger partial charge in [-0.25, -0.2) is 0 Å². The Bertz CT molecular complexity index is 537. The van der Waals surface area contributed by atoms with Crippen LogP contribution in [-0.2, 0) is 6.42 Å². The molecule has 0 fully saturated rings. The van der Waals surface area contributed by atoms with E-state index in [9.17, 15) is 4.79 Å². The monoisotopic (exact) mass is 321 g/mol. The molecule has 1 atom stereocenters. The van der Waals surface area contributed by atoms with E-state index in [2.05, 4.69) is 21.2 Å². The van der Waals surface area contributed by atoms with Gasteiger partial charge in [-0.05, 0) is 53.5 Å². The van der Waals surface area contributed by atoms with Crippen molar-refractivity contribution in [1.29, 1.82) is 0 Å². The van der Waals surface area contributed by atoms with Crippen LogP contribution in [0.5, 0.6) is 0 Å². The van der Waals surface area contributed by atoms with Crippen LogP contribution in [0.25, 0.3) is 0 Å². The molecule has 19 heavy (non-hydrogen) atoms. The summed E-state index contributed by atoms with van der Waals surface area (Å²) in [6, 6.07) is 11.3. The van der Waals surface area contributed by atoms with Gasteiger partial charge in [0, 0.05) is 16.9 Å². The normalized spacial score (nSPS) is 12.1. The number of hydrogen-bond donors (Lipinski definition) is 1. The van der Waals surface area contributed by atoms with Crippen LogP contribution in [0.2, 0.25) is 0 Å². The third kappa shape index (κ3) is 3.96. The molecule has 0 saturated carbocycles. The summed E-state index contributed by atoms with van der Waals surface area (Å²) in [7, 11) is 0. The van der Waals surface area contributed by atoms with Crippen molar-refractivity contribution in [3.63, 3.8) is 0 Å². The van der Waals surface area contributed by atoms with Crippen LogP contribution in [0.1, 0.15) is 29.5 Å². The molecule has 1 amide bonds. The minimum atomic E-state index is -0.0561. The zero-order chi connectivity index (χ0) is 13.7. The lowest BCUT2D eigenvalue weighted by molar-refractivity contribution is 0.0937. The summed E-state index contributed by atoms with van der Waals surface area (Å²) >= 11 is 3.38. The van der Waals surface area contributed by atoms with E-state index in [4.69, 9.17) is 4.42 Å². The van der Waals surface area contributed by atoms with Gasteiger partial charge >= 0.3 is 0 Å². The van der Waals surface area contributed by atoms with Crippen molar-refractivity contribution in [2.75, 3.05) is 0 Å². The third-order valence-electron chi connectivity index (χ3n) is 2.90. The number of benzene rings is 1. The Morgan fingerprint density at radius 1 is 1.32 bits per heavy atom. The molecule has 0 aliphatic heterocycles. The van der Waals surface area contributed by atoms with E-state index in [1.54, 1.807) is 12.3 Å². The fourth-order valence-corrected chi connectivity index (χ4v) is 2.30. The Balaban J connectivity index is 1.87. The summed E-state index contributed by atoms with van der Waals surface area (Å²) in [4.78, 5) is 12.1. The number of halogens is 1. The van der Waals surface area contributed by atoms with Crippen LogP contribution in [0.4, 0.5) is 0 Å². The first-order valence-electron chi connectivity index (χ1n) is 6.24. The van der Waals surface area contributed by atoms with E-state index in [1.807, 2.05) is 37.3 Å². The highest BCUT2D eigenvalue weighted by Gasteiger charge is 2.12. The minimum Gasteiger partial charge on any atom is -0.469 e. The molecule has 0 aliphatic rings. The molecule has 3 nitrogen and oxygen atoms in total. The van der Waals surface area contributed by atoms with Gasteiger partial charge in [0.1, 0.15) is 5.76 Å². The van der Waals surface area contributed by atoms with Crippen molar-refractivity contribution >= 4 is 21.8 Å². The molecule has 0 bridgehead atoms. The molecule has 0 aliphatic carbocycles. The Kier molecular flexibility index (Phi) is 4.80. The second kappa shape index (κ2) is 6.57. The highest BCUT2D eigenvalue weighted by atomic mass is 79.9. The second-order valence-electron chi connectivity index (χ2n) is 4.47. The van der Waals surface area contributed by atoms with Crippen molar-refractivity contribution in [1.82, 2.24) is 5.32 Å². The lowest BCUT2D eigenvalue weighted by Gasteiger charge is -2.13. The summed E-state index contributed by atoms with van der Waals surface area (Å²) < 4.78 is 6.08. The molecule has 2 rings (SSSR count). The summed E-state index contributed by atoms with van der Waals surface area (Å²) in [5.74, 6) is 0.890. The van der Waals surface area contributed by atoms with Gasteiger partial charge in [0.15, 0.2) is 0 Å². The molecule has 0 spiro atoms. The van der Waals surface area contributed by atoms with Gasteiger partial charge < -0.3 is 9.73 Å². The van der Waals surface area contributed by atoms with Gasteiger partial charge in [-0.15, -0.1) is 0 Å². The van der Waals surface area contributed by atoms with Gasteiger partial charge in [-0.1, -0.05) is 12.1 Å². The number of amides is 1. The van der Waals surface area contributed by atoms with Crippen LogP contribution in [-0.4, -0.2) is 11.9 Å². The maximum absolute atomic E-state index is 12.1. The van der Waals surface area contributed by atoms with Gasteiger partial charge in [0.25, 0.3) is 5.91 Å². The number of furan rings is 1. The van der Waals surface area contributed by atoms with E-state index in [-0.39, 0.29) is 11.9 Å². The summed E-state index contributed by atoms with van der Waals surface area (Å²) in [5.41, 5.74) is 0.660. The number of rotatable bonds is 5. The van der Waals surface area contributed by atoms with E-state index in [1.165, 1.54) is 0 Å². The zero-order valence-electron chi connectivity index (χ0n) is 10.7. The van der Waals surface area contributed by atoms with Crippen molar-refractivity contribution in [3.05, 3.63) is 58.5 Å². The number of hydrogen-bond acceptors (Lipinski definition) is 2. The van der Waals surface area contributed by atoms with Crippen LogP contribution in [0.15, 0.2) is 51.6 Å². The van der Waals surface area contributed by atoms with Crippen molar-refractivity contribution in [3.8, 4) is 0 Å². The average molecular weight is 322 g/mol. The first kappa shape index (κ1) is 13.9. The standard InChI is InChI=1S/C15H16BrNO2/c1-11(8-9-12-5-4-10-19-12)17-15(18)13-6-2-3-7-14(13)16/h2-7,10-11H,8-9H2,1H3,(H,17,18). The largest absolute Gasteiger partial charge is 0.469 e. The summed E-state index contributed by atoms with van der Waals surface area (Å²) in [6.07, 6.45) is 3.34. The SMILES string of the molecule is CC(CCc1ccco1)NC(=O)c1ccccc1Br. The first-order chi connectivity index (χ1) is 9.16. The van der Waals surface area contributed by atoms with Crippen molar-refractivity contribution in [2.24, 2.45) is 0 Å². The fraction of sp³-hybridized carbons (Fsp3) is 0.267. The Morgan fingerprint density at radius 2 is 2.11 bits per heavy atom. The predicted molar refractivity (Wildman–Crippen MR) is 78.1 cm³/mol. The number of carbonyl (C=O) groups excluding carboxylic acids is 1. The summed E-state index contributed by atoms with van der Waals surface area (Å²) in [5, 5.41) is 2.99. The van der Waals surface area contributed by atoms with E-state index in [0.29, 0.717) is 5.56 Å². The molecule has 1 aromatic heterocycles. The summed E-state index contributed by atoms with van der Waals surface area (Å²) in [6.45, 7) is 2.00. The smallest absolute Gasteiger partial charge is 0.252 e. The van der Waals surface area contributed by atoms with Crippen LogP contribution in [0, 0.1) is 0 Å². The van der Waals surface area contributed by atoms with E-state index in [0.717, 1.165) is 23.1 Å². The average Bonchev–Trinajstić information content (AvgIpc) is 2.90. The highest BCUT2D eigenvalue weighted by Crippen LogP contribution is 2.16. The first-order valence-corrected chi connectivity index (χ1v) is 7.04. The maximum Gasteiger partial charge on any atom is 0.252 e. The number of nitrogens with one attached hydrogen (secondary N) is 1. The van der Waals surface area contributed by atoms with Gasteiger partial charge in [-0.3, -0.25) is 4.79 Å². The highest BCUT2D eigenvalue weighted by molar-refractivity contribution is 9.10. The molecule has 100 valence electrons. The van der Waals surface area contributed by atoms with E-state index >= 15 is 0 Å². The molecule has 0 radical (unpaired) electrons. The molecular formula is C15H16BrNO2. The zero-order valence-corrected chi connectivity index (χ0v) is 12.3. The Hall–Kier alpha value is -1.55. The van der Waals surface area contributed by atoms with Gasteiger partial charge in [-0.2, -0.15) is 0 Å². The molecule has 1 heterocycles. The predicted octanol–water partition coefficient (Wildman–Crippen LogP) is 3.79. The molecular weight excluding hydrogens is 306 g/mol. The quantitative estimate of drug-likeness (QED) is 0.910. The second-order valence-corrected chi connectivity index (χ2v) is 5.33. The van der Waals surface area contributed by atoms with Crippen LogP contribution >= 0.6 is 15.9 Å². The molecule has 2 aromatic rings. The van der Waals surface area contributed by atoms with E-state index < -0.39 is 0 Å². The molecule has 0 saturated heterocycles. The van der Waals surface area contributed by atoms with Crippen molar-refractivity contribution in [2.45, 2.75) is 25.8 Å². The third-order valence-corrected chi connectivity index (χ3v) is 3.59. The minimum absolute atomic E-state index is 0.0561. The number of aryl methyl sites for hydroxylation is 1. The number of carbonyl (C=O) groups is 1. The fourth-order valence-electron chi connectivity index (χ4n) is 1.83. The lowest BCUT2D eigenvalue weighted by atomic mass is 10.1. The molecule has 1 aromatic carbocycles. The lowest BCUT2D eigenvalue weighted by Crippen LogP contribution is -2.33. The van der Waals surface area contributed by atoms with Crippen molar-refractivity contribution < 1.29 is 9.21 Å². The molecule has 1 unspecified atom stereocenters. The van der Waals surface area contributed by atoms with Crippen LogP contribution in [0.3, 0.4) is 0 Å². The van der Waals surface area contributed by atoms with Gasteiger partial charge in [0.05, 0.1) is 11.8 Å². The Labute approximate surface area is 121 Å².